The fourth-order valence-electron chi connectivity index (χ4n) is 1.54. The molecule has 108 valence electrons. The number of nitrogens with zero attached hydrogens (tertiary/aromatic N) is 2. The lowest BCUT2D eigenvalue weighted by molar-refractivity contribution is -0.384. The van der Waals surface area contributed by atoms with Crippen molar-refractivity contribution >= 4 is 23.1 Å². The lowest BCUT2D eigenvalue weighted by Crippen LogP contribution is -2.18. The molecule has 0 saturated heterocycles. The summed E-state index contributed by atoms with van der Waals surface area (Å²) in [4.78, 5) is 32.6. The number of H-pyrrole nitrogens is 1. The summed E-state index contributed by atoms with van der Waals surface area (Å²) >= 11 is 0. The topological polar surface area (TPSA) is 144 Å². The van der Waals surface area contributed by atoms with E-state index in [-0.39, 0.29) is 5.82 Å². The Kier molecular flexibility index (Phi) is 3.61. The van der Waals surface area contributed by atoms with Crippen molar-refractivity contribution in [2.24, 2.45) is 0 Å². The summed E-state index contributed by atoms with van der Waals surface area (Å²) in [5, 5.41) is 18.5. The summed E-state index contributed by atoms with van der Waals surface area (Å²) < 4.78 is 13.3. The van der Waals surface area contributed by atoms with Gasteiger partial charge in [-0.3, -0.25) is 19.7 Å². The molecule has 4 N–H and O–H groups in total. The van der Waals surface area contributed by atoms with E-state index in [4.69, 9.17) is 5.73 Å². The number of carbonyl (C=O) groups is 1. The number of halogens is 1. The van der Waals surface area contributed by atoms with Gasteiger partial charge in [0.05, 0.1) is 16.6 Å². The van der Waals surface area contributed by atoms with Crippen LogP contribution in [0, 0.1) is 15.9 Å². The molecule has 1 heterocycles. The minimum Gasteiger partial charge on any atom is -0.393 e. The smallest absolute Gasteiger partial charge is 0.295 e. The van der Waals surface area contributed by atoms with Crippen LogP contribution in [0.25, 0.3) is 0 Å². The monoisotopic (exact) mass is 293 g/mol. The number of aromatic amines is 1. The molecule has 0 spiro atoms. The van der Waals surface area contributed by atoms with Crippen LogP contribution in [0.5, 0.6) is 0 Å². The Hall–Kier alpha value is -3.30. The number of nitrogen functional groups attached to an aromatic ring is 1. The van der Waals surface area contributed by atoms with Crippen molar-refractivity contribution in [2.45, 2.75) is 0 Å². The van der Waals surface area contributed by atoms with Gasteiger partial charge < -0.3 is 11.1 Å². The second kappa shape index (κ2) is 5.36. The van der Waals surface area contributed by atoms with Crippen LogP contribution in [0.15, 0.2) is 29.1 Å². The molecule has 0 unspecified atom stereocenters. The molecular formula is C11H8FN5O4. The average molecular weight is 293 g/mol. The van der Waals surface area contributed by atoms with Gasteiger partial charge >= 0.3 is 0 Å². The van der Waals surface area contributed by atoms with Gasteiger partial charge in [0, 0.05) is 6.07 Å². The maximum absolute atomic E-state index is 13.3. The molecule has 0 aliphatic rings. The zero-order chi connectivity index (χ0) is 15.6. The summed E-state index contributed by atoms with van der Waals surface area (Å²) in [6, 6.07) is 3.70. The Balaban J connectivity index is 2.37. The van der Waals surface area contributed by atoms with Crippen molar-refractivity contribution in [3.8, 4) is 0 Å². The van der Waals surface area contributed by atoms with Gasteiger partial charge in [-0.05, 0) is 12.1 Å². The summed E-state index contributed by atoms with van der Waals surface area (Å²) in [5.41, 5.74) is 3.42. The van der Waals surface area contributed by atoms with E-state index in [9.17, 15) is 24.1 Å². The molecule has 10 heteroatoms. The molecule has 0 bridgehead atoms. The first kappa shape index (κ1) is 14.1. The number of carbonyl (C=O) groups excluding carboxylic acids is 1. The van der Waals surface area contributed by atoms with E-state index in [1.807, 2.05) is 0 Å². The Bertz CT molecular complexity index is 768. The van der Waals surface area contributed by atoms with Crippen LogP contribution in [-0.2, 0) is 0 Å². The predicted octanol–water partition coefficient (Wildman–Crippen LogP) is 0.652. The van der Waals surface area contributed by atoms with Gasteiger partial charge in [0.15, 0.2) is 5.82 Å². The molecule has 1 amide bonds. The Labute approximate surface area is 115 Å². The van der Waals surface area contributed by atoms with Crippen LogP contribution >= 0.6 is 0 Å². The van der Waals surface area contributed by atoms with E-state index in [0.717, 1.165) is 12.1 Å². The standard InChI is InChI=1S/C11H8FN5O4/c12-5-3-6(10(13)7(4-5)17(20)21)11(19)14-8-1-2-9(18)16-15-8/h1-4H,13H2,(H,16,18)(H,14,15,19). The number of aromatic nitrogens is 2. The molecule has 2 aromatic rings. The molecule has 0 saturated carbocycles. The van der Waals surface area contributed by atoms with Crippen LogP contribution in [0.2, 0.25) is 0 Å². The van der Waals surface area contributed by atoms with E-state index in [1.165, 1.54) is 6.07 Å². The van der Waals surface area contributed by atoms with Gasteiger partial charge in [-0.2, -0.15) is 5.10 Å². The summed E-state index contributed by atoms with van der Waals surface area (Å²) in [7, 11) is 0. The number of hydrogen-bond acceptors (Lipinski definition) is 6. The fourth-order valence-corrected chi connectivity index (χ4v) is 1.54. The molecular weight excluding hydrogens is 285 g/mol. The summed E-state index contributed by atoms with van der Waals surface area (Å²) in [5.74, 6) is -1.89. The van der Waals surface area contributed by atoms with Gasteiger partial charge in [-0.15, -0.1) is 0 Å². The average Bonchev–Trinajstić information content (AvgIpc) is 2.43. The molecule has 21 heavy (non-hydrogen) atoms. The number of nitrogens with two attached hydrogens (primary N) is 1. The van der Waals surface area contributed by atoms with Gasteiger partial charge in [0.2, 0.25) is 0 Å². The highest BCUT2D eigenvalue weighted by Gasteiger charge is 2.22. The highest BCUT2D eigenvalue weighted by molar-refractivity contribution is 6.08. The van der Waals surface area contributed by atoms with Crippen LogP contribution in [-0.4, -0.2) is 21.0 Å². The van der Waals surface area contributed by atoms with E-state index >= 15 is 0 Å². The lowest BCUT2D eigenvalue weighted by Gasteiger charge is -2.07. The normalized spacial score (nSPS) is 10.1. The SMILES string of the molecule is Nc1c(C(=O)Nc2ccc(=O)[nH]n2)cc(F)cc1[N+](=O)[O-]. The highest BCUT2D eigenvalue weighted by Crippen LogP contribution is 2.27. The van der Waals surface area contributed by atoms with Crippen LogP contribution < -0.4 is 16.6 Å². The first-order valence-corrected chi connectivity index (χ1v) is 5.49. The Morgan fingerprint density at radius 1 is 1.43 bits per heavy atom. The predicted molar refractivity (Wildman–Crippen MR) is 70.3 cm³/mol. The van der Waals surface area contributed by atoms with Crippen molar-refractivity contribution < 1.29 is 14.1 Å². The third-order valence-electron chi connectivity index (χ3n) is 2.49. The number of anilines is 2. The molecule has 0 aliphatic carbocycles. The molecule has 1 aromatic heterocycles. The third-order valence-corrected chi connectivity index (χ3v) is 2.49. The number of amides is 1. The molecule has 0 atom stereocenters. The van der Waals surface area contributed by atoms with Crippen molar-refractivity contribution in [3.63, 3.8) is 0 Å². The van der Waals surface area contributed by atoms with Crippen molar-refractivity contribution in [1.82, 2.24) is 10.2 Å². The molecule has 1 aromatic carbocycles. The van der Waals surface area contributed by atoms with Crippen LogP contribution in [0.1, 0.15) is 10.4 Å². The number of benzene rings is 1. The first-order chi connectivity index (χ1) is 9.88. The minimum atomic E-state index is -0.976. The second-order valence-corrected chi connectivity index (χ2v) is 3.90. The third kappa shape index (κ3) is 3.00. The fraction of sp³-hybridized carbons (Fsp3) is 0. The molecule has 0 aliphatic heterocycles. The molecule has 9 nitrogen and oxygen atoms in total. The van der Waals surface area contributed by atoms with Crippen LogP contribution in [0.3, 0.4) is 0 Å². The number of nitrogens with one attached hydrogen (secondary N) is 2. The number of nitro benzene ring substituents is 1. The van der Waals surface area contributed by atoms with Gasteiger partial charge in [0.1, 0.15) is 11.5 Å². The largest absolute Gasteiger partial charge is 0.393 e. The van der Waals surface area contributed by atoms with E-state index < -0.39 is 39.1 Å². The zero-order valence-electron chi connectivity index (χ0n) is 10.3. The van der Waals surface area contributed by atoms with Crippen molar-refractivity contribution in [2.75, 3.05) is 11.1 Å². The number of hydrogen-bond donors (Lipinski definition) is 3. The lowest BCUT2D eigenvalue weighted by atomic mass is 10.1. The van der Waals surface area contributed by atoms with Gasteiger partial charge in [0.25, 0.3) is 17.2 Å². The minimum absolute atomic E-state index is 0.0223. The van der Waals surface area contributed by atoms with Crippen molar-refractivity contribution in [3.05, 3.63) is 56.1 Å². The summed E-state index contributed by atoms with van der Waals surface area (Å²) in [6.45, 7) is 0. The maximum atomic E-state index is 13.3. The first-order valence-electron chi connectivity index (χ1n) is 5.49. The molecule has 0 radical (unpaired) electrons. The van der Waals surface area contributed by atoms with E-state index in [1.54, 1.807) is 0 Å². The Morgan fingerprint density at radius 3 is 2.71 bits per heavy atom. The summed E-state index contributed by atoms with van der Waals surface area (Å²) in [6.07, 6.45) is 0. The zero-order valence-corrected chi connectivity index (χ0v) is 10.3. The molecule has 0 fully saturated rings. The van der Waals surface area contributed by atoms with Crippen LogP contribution in [0.4, 0.5) is 21.6 Å². The number of nitro groups is 1. The van der Waals surface area contributed by atoms with Gasteiger partial charge in [-0.25, -0.2) is 9.49 Å². The quantitative estimate of drug-likeness (QED) is 0.430. The highest BCUT2D eigenvalue weighted by atomic mass is 19.1. The second-order valence-electron chi connectivity index (χ2n) is 3.90. The van der Waals surface area contributed by atoms with E-state index in [2.05, 4.69) is 15.5 Å². The Morgan fingerprint density at radius 2 is 2.14 bits per heavy atom. The maximum Gasteiger partial charge on any atom is 0.295 e. The number of rotatable bonds is 3. The van der Waals surface area contributed by atoms with Crippen molar-refractivity contribution in [1.29, 1.82) is 0 Å². The molecule has 2 rings (SSSR count). The van der Waals surface area contributed by atoms with Gasteiger partial charge in [-0.1, -0.05) is 0 Å². The van der Waals surface area contributed by atoms with E-state index in [0.29, 0.717) is 6.07 Å².